The van der Waals surface area contributed by atoms with Gasteiger partial charge in [0.2, 0.25) is 11.8 Å². The largest absolute Gasteiger partial charge is 0.356 e. The van der Waals surface area contributed by atoms with E-state index in [1.54, 1.807) is 0 Å². The minimum absolute atomic E-state index is 0.0979. The molecule has 1 N–H and O–H groups in total. The van der Waals surface area contributed by atoms with Gasteiger partial charge in [-0.2, -0.15) is 0 Å². The SMILES string of the molecule is O=C(NCCC1=CCCCC1)C1CCN(C(=O)C2CCC2)CC1. The van der Waals surface area contributed by atoms with Gasteiger partial charge in [0.05, 0.1) is 0 Å². The van der Waals surface area contributed by atoms with Crippen LogP contribution in [0.15, 0.2) is 11.6 Å². The molecule has 0 unspecified atom stereocenters. The van der Waals surface area contributed by atoms with Crippen LogP contribution in [0.4, 0.5) is 0 Å². The molecule has 1 heterocycles. The molecule has 4 nitrogen and oxygen atoms in total. The molecule has 0 aromatic rings. The van der Waals surface area contributed by atoms with Gasteiger partial charge in [0.1, 0.15) is 0 Å². The van der Waals surface area contributed by atoms with Crippen LogP contribution in [0.1, 0.15) is 64.2 Å². The summed E-state index contributed by atoms with van der Waals surface area (Å²) in [6.07, 6.45) is 13.4. The van der Waals surface area contributed by atoms with Crippen LogP contribution in [-0.4, -0.2) is 36.3 Å². The molecule has 0 spiro atoms. The van der Waals surface area contributed by atoms with Crippen molar-refractivity contribution in [3.63, 3.8) is 0 Å². The van der Waals surface area contributed by atoms with Gasteiger partial charge in [-0.3, -0.25) is 9.59 Å². The third-order valence-corrected chi connectivity index (χ3v) is 5.76. The molecule has 3 aliphatic rings. The van der Waals surface area contributed by atoms with E-state index in [2.05, 4.69) is 11.4 Å². The number of rotatable bonds is 5. The maximum atomic E-state index is 12.3. The van der Waals surface area contributed by atoms with Crippen molar-refractivity contribution in [1.82, 2.24) is 10.2 Å². The number of hydrogen-bond acceptors (Lipinski definition) is 2. The second-order valence-electron chi connectivity index (χ2n) is 7.38. The average molecular weight is 318 g/mol. The number of nitrogens with one attached hydrogen (secondary N) is 1. The number of carbonyl (C=O) groups excluding carboxylic acids is 2. The van der Waals surface area contributed by atoms with Crippen molar-refractivity contribution in [1.29, 1.82) is 0 Å². The molecule has 0 bridgehead atoms. The van der Waals surface area contributed by atoms with E-state index in [1.165, 1.54) is 37.7 Å². The van der Waals surface area contributed by atoms with Gasteiger partial charge in [-0.1, -0.05) is 18.1 Å². The molecule has 1 aliphatic heterocycles. The fourth-order valence-corrected chi connectivity index (χ4v) is 3.90. The van der Waals surface area contributed by atoms with Crippen molar-refractivity contribution < 1.29 is 9.59 Å². The zero-order chi connectivity index (χ0) is 16.1. The fraction of sp³-hybridized carbons (Fsp3) is 0.789. The van der Waals surface area contributed by atoms with E-state index in [0.29, 0.717) is 5.91 Å². The summed E-state index contributed by atoms with van der Waals surface area (Å²) in [4.78, 5) is 26.5. The number of piperidine rings is 1. The van der Waals surface area contributed by atoms with Crippen molar-refractivity contribution >= 4 is 11.8 Å². The maximum absolute atomic E-state index is 12.3. The quantitative estimate of drug-likeness (QED) is 0.792. The summed E-state index contributed by atoms with van der Waals surface area (Å²) in [5.74, 6) is 0.904. The molecule has 2 fully saturated rings. The Kier molecular flexibility index (Phi) is 5.74. The number of amides is 2. The third-order valence-electron chi connectivity index (χ3n) is 5.76. The van der Waals surface area contributed by atoms with Crippen molar-refractivity contribution in [3.05, 3.63) is 11.6 Å². The lowest BCUT2D eigenvalue weighted by Crippen LogP contribution is -2.46. The summed E-state index contributed by atoms with van der Waals surface area (Å²) >= 11 is 0. The lowest BCUT2D eigenvalue weighted by Gasteiger charge is -2.36. The standard InChI is InChI=1S/C19H30N2O2/c22-18(20-12-9-15-5-2-1-3-6-15)16-10-13-21(14-11-16)19(23)17-7-4-8-17/h5,16-17H,1-4,6-14H2,(H,20,22). The maximum Gasteiger partial charge on any atom is 0.225 e. The molecule has 2 amide bonds. The average Bonchev–Trinajstić information content (AvgIpc) is 2.54. The molecular weight excluding hydrogens is 288 g/mol. The third kappa shape index (κ3) is 4.36. The minimum Gasteiger partial charge on any atom is -0.356 e. The van der Waals surface area contributed by atoms with E-state index in [9.17, 15) is 9.59 Å². The normalized spacial score (nSPS) is 23.1. The molecule has 128 valence electrons. The molecule has 0 radical (unpaired) electrons. The molecule has 23 heavy (non-hydrogen) atoms. The van der Waals surface area contributed by atoms with E-state index >= 15 is 0 Å². The molecule has 1 saturated heterocycles. The summed E-state index contributed by atoms with van der Waals surface area (Å²) in [6.45, 7) is 2.29. The number of hydrogen-bond donors (Lipinski definition) is 1. The Morgan fingerprint density at radius 2 is 1.83 bits per heavy atom. The summed E-state index contributed by atoms with van der Waals surface area (Å²) in [5, 5.41) is 3.11. The second-order valence-corrected chi connectivity index (χ2v) is 7.38. The van der Waals surface area contributed by atoms with Gasteiger partial charge in [0, 0.05) is 31.5 Å². The Balaban J connectivity index is 1.34. The molecule has 0 aromatic heterocycles. The Bertz CT molecular complexity index is 460. The van der Waals surface area contributed by atoms with Crippen LogP contribution >= 0.6 is 0 Å². The molecule has 3 rings (SSSR count). The van der Waals surface area contributed by atoms with Gasteiger partial charge < -0.3 is 10.2 Å². The second kappa shape index (κ2) is 7.98. The summed E-state index contributed by atoms with van der Waals surface area (Å²) in [7, 11) is 0. The van der Waals surface area contributed by atoms with E-state index in [-0.39, 0.29) is 17.7 Å². The topological polar surface area (TPSA) is 49.4 Å². The predicted molar refractivity (Wildman–Crippen MR) is 90.8 cm³/mol. The highest BCUT2D eigenvalue weighted by Crippen LogP contribution is 2.30. The molecule has 0 atom stereocenters. The zero-order valence-corrected chi connectivity index (χ0v) is 14.2. The van der Waals surface area contributed by atoms with Gasteiger partial charge in [-0.25, -0.2) is 0 Å². The monoisotopic (exact) mass is 318 g/mol. The van der Waals surface area contributed by atoms with Crippen molar-refractivity contribution in [2.45, 2.75) is 64.2 Å². The van der Waals surface area contributed by atoms with Crippen LogP contribution in [0.5, 0.6) is 0 Å². The highest BCUT2D eigenvalue weighted by molar-refractivity contribution is 5.81. The van der Waals surface area contributed by atoms with Crippen LogP contribution in [0, 0.1) is 11.8 Å². The first-order valence-electron chi connectivity index (χ1n) is 9.48. The Hall–Kier alpha value is -1.32. The van der Waals surface area contributed by atoms with Gasteiger partial charge in [0.25, 0.3) is 0 Å². The van der Waals surface area contributed by atoms with E-state index < -0.39 is 0 Å². The number of nitrogens with zero attached hydrogens (tertiary/aromatic N) is 1. The number of allylic oxidation sites excluding steroid dienone is 1. The van der Waals surface area contributed by atoms with Crippen molar-refractivity contribution in [2.75, 3.05) is 19.6 Å². The van der Waals surface area contributed by atoms with Crippen molar-refractivity contribution in [3.8, 4) is 0 Å². The summed E-state index contributed by atoms with van der Waals surface area (Å²) in [5.41, 5.74) is 1.51. The van der Waals surface area contributed by atoms with Gasteiger partial charge in [0.15, 0.2) is 0 Å². The fourth-order valence-electron chi connectivity index (χ4n) is 3.90. The van der Waals surface area contributed by atoms with Crippen LogP contribution < -0.4 is 5.32 Å². The Morgan fingerprint density at radius 1 is 1.04 bits per heavy atom. The summed E-state index contributed by atoms with van der Waals surface area (Å²) < 4.78 is 0. The highest BCUT2D eigenvalue weighted by Gasteiger charge is 2.33. The van der Waals surface area contributed by atoms with Gasteiger partial charge in [-0.15, -0.1) is 0 Å². The molecular formula is C19H30N2O2. The Labute approximate surface area is 139 Å². The molecule has 2 aliphatic carbocycles. The zero-order valence-electron chi connectivity index (χ0n) is 14.2. The van der Waals surface area contributed by atoms with Crippen molar-refractivity contribution in [2.24, 2.45) is 11.8 Å². The first-order valence-corrected chi connectivity index (χ1v) is 9.48. The van der Waals surface area contributed by atoms with Crippen LogP contribution in [-0.2, 0) is 9.59 Å². The minimum atomic E-state index is 0.0979. The first-order chi connectivity index (χ1) is 11.2. The lowest BCUT2D eigenvalue weighted by molar-refractivity contribution is -0.141. The van der Waals surface area contributed by atoms with Gasteiger partial charge in [-0.05, 0) is 57.8 Å². The molecule has 0 aromatic carbocycles. The highest BCUT2D eigenvalue weighted by atomic mass is 16.2. The number of carbonyl (C=O) groups is 2. The van der Waals surface area contributed by atoms with E-state index in [0.717, 1.165) is 51.7 Å². The summed E-state index contributed by atoms with van der Waals surface area (Å²) in [6, 6.07) is 0. The van der Waals surface area contributed by atoms with Gasteiger partial charge >= 0.3 is 0 Å². The Morgan fingerprint density at radius 3 is 2.43 bits per heavy atom. The first kappa shape index (κ1) is 16.5. The molecule has 1 saturated carbocycles. The van der Waals surface area contributed by atoms with Crippen LogP contribution in [0.3, 0.4) is 0 Å². The van der Waals surface area contributed by atoms with E-state index in [4.69, 9.17) is 0 Å². The molecule has 4 heteroatoms. The predicted octanol–water partition coefficient (Wildman–Crippen LogP) is 3.03. The smallest absolute Gasteiger partial charge is 0.225 e. The lowest BCUT2D eigenvalue weighted by atomic mass is 9.83. The van der Waals surface area contributed by atoms with Crippen LogP contribution in [0.2, 0.25) is 0 Å². The van der Waals surface area contributed by atoms with E-state index in [1.807, 2.05) is 4.90 Å². The number of likely N-dealkylation sites (tertiary alicyclic amines) is 1. The van der Waals surface area contributed by atoms with Crippen LogP contribution in [0.25, 0.3) is 0 Å².